The van der Waals surface area contributed by atoms with Gasteiger partial charge in [0.2, 0.25) is 0 Å². The molecule has 2 N–H and O–H groups in total. The zero-order chi connectivity index (χ0) is 15.2. The average Bonchev–Trinajstić information content (AvgIpc) is 3.08. The molecular weight excluding hydrogens is 278 g/mol. The minimum atomic E-state index is -0.161. The molecule has 2 amide bonds. The van der Waals surface area contributed by atoms with Crippen LogP contribution in [0.1, 0.15) is 32.1 Å². The molecule has 0 bridgehead atoms. The number of rotatable bonds is 4. The van der Waals surface area contributed by atoms with Crippen LogP contribution in [0.4, 0.5) is 16.2 Å². The Balaban J connectivity index is 1.51. The van der Waals surface area contributed by atoms with Crippen molar-refractivity contribution >= 4 is 17.4 Å². The molecule has 0 radical (unpaired) electrons. The van der Waals surface area contributed by atoms with Crippen molar-refractivity contribution in [3.63, 3.8) is 0 Å². The maximum Gasteiger partial charge on any atom is 0.319 e. The molecule has 5 nitrogen and oxygen atoms in total. The smallest absolute Gasteiger partial charge is 0.319 e. The number of hydrogen-bond donors (Lipinski definition) is 2. The van der Waals surface area contributed by atoms with E-state index in [0.717, 1.165) is 38.2 Å². The number of nitrogens with one attached hydrogen (secondary N) is 2. The van der Waals surface area contributed by atoms with E-state index >= 15 is 0 Å². The highest BCUT2D eigenvalue weighted by molar-refractivity contribution is 5.89. The van der Waals surface area contributed by atoms with Crippen LogP contribution in [0.3, 0.4) is 0 Å². The third kappa shape index (κ3) is 4.13. The monoisotopic (exact) mass is 303 g/mol. The van der Waals surface area contributed by atoms with Crippen LogP contribution in [0.15, 0.2) is 24.3 Å². The molecule has 22 heavy (non-hydrogen) atoms. The van der Waals surface area contributed by atoms with Crippen LogP contribution >= 0.6 is 0 Å². The van der Waals surface area contributed by atoms with Crippen molar-refractivity contribution in [3.8, 4) is 0 Å². The molecule has 3 rings (SSSR count). The van der Waals surface area contributed by atoms with Crippen LogP contribution in [0.5, 0.6) is 0 Å². The first-order valence-corrected chi connectivity index (χ1v) is 8.33. The third-order valence-electron chi connectivity index (χ3n) is 4.34. The molecule has 2 aliphatic rings. The molecule has 5 heteroatoms. The first-order valence-electron chi connectivity index (χ1n) is 8.33. The van der Waals surface area contributed by atoms with Gasteiger partial charge in [0.25, 0.3) is 0 Å². The fraction of sp³-hybridized carbons (Fsp3) is 0.588. The lowest BCUT2D eigenvalue weighted by Gasteiger charge is -2.29. The Kier molecular flexibility index (Phi) is 5.16. The maximum atomic E-state index is 12.0. The highest BCUT2D eigenvalue weighted by atomic mass is 16.5. The summed E-state index contributed by atoms with van der Waals surface area (Å²) in [6, 6.07) is 7.93. The first kappa shape index (κ1) is 15.2. The number of benzene rings is 1. The third-order valence-corrected chi connectivity index (χ3v) is 4.34. The molecule has 0 spiro atoms. The number of hydrogen-bond acceptors (Lipinski definition) is 3. The van der Waals surface area contributed by atoms with Gasteiger partial charge < -0.3 is 20.3 Å². The minimum absolute atomic E-state index is 0.161. The summed E-state index contributed by atoms with van der Waals surface area (Å²) in [5.74, 6) is 0. The zero-order valence-corrected chi connectivity index (χ0v) is 13.0. The van der Waals surface area contributed by atoms with Crippen LogP contribution in [0.25, 0.3) is 0 Å². The molecule has 2 heterocycles. The summed E-state index contributed by atoms with van der Waals surface area (Å²) in [4.78, 5) is 14.4. The summed E-state index contributed by atoms with van der Waals surface area (Å²) >= 11 is 0. The fourth-order valence-corrected chi connectivity index (χ4v) is 3.12. The van der Waals surface area contributed by atoms with Crippen molar-refractivity contribution in [1.29, 1.82) is 0 Å². The number of urea groups is 1. The lowest BCUT2D eigenvalue weighted by Crippen LogP contribution is -2.35. The summed E-state index contributed by atoms with van der Waals surface area (Å²) in [5, 5.41) is 5.80. The van der Waals surface area contributed by atoms with Crippen molar-refractivity contribution in [3.05, 3.63) is 24.3 Å². The molecular formula is C17H25N3O2. The normalized spacial score (nSPS) is 21.6. The van der Waals surface area contributed by atoms with Gasteiger partial charge in [-0.2, -0.15) is 0 Å². The Bertz CT molecular complexity index is 494. The summed E-state index contributed by atoms with van der Waals surface area (Å²) in [6.45, 7) is 3.60. The summed E-state index contributed by atoms with van der Waals surface area (Å²) < 4.78 is 5.50. The van der Waals surface area contributed by atoms with Gasteiger partial charge in [0.15, 0.2) is 0 Å². The van der Waals surface area contributed by atoms with Crippen molar-refractivity contribution in [2.45, 2.75) is 38.2 Å². The molecule has 1 aromatic rings. The number of carbonyl (C=O) groups excluding carboxylic acids is 1. The molecule has 1 unspecified atom stereocenters. The van der Waals surface area contributed by atoms with Crippen molar-refractivity contribution in [2.24, 2.45) is 0 Å². The topological polar surface area (TPSA) is 53.6 Å². The molecule has 2 aliphatic heterocycles. The number of piperidine rings is 1. The second kappa shape index (κ2) is 7.49. The van der Waals surface area contributed by atoms with Crippen molar-refractivity contribution in [1.82, 2.24) is 5.32 Å². The molecule has 0 aliphatic carbocycles. The van der Waals surface area contributed by atoms with Crippen molar-refractivity contribution in [2.75, 3.05) is 36.5 Å². The van der Waals surface area contributed by atoms with E-state index in [4.69, 9.17) is 4.74 Å². The highest BCUT2D eigenvalue weighted by Crippen LogP contribution is 2.23. The maximum absolute atomic E-state index is 12.0. The van der Waals surface area contributed by atoms with Gasteiger partial charge in [-0.3, -0.25) is 0 Å². The molecule has 0 saturated carbocycles. The SMILES string of the molecule is O=C(NCC1CCCO1)Nc1cccc(N2CCCCC2)c1. The quantitative estimate of drug-likeness (QED) is 0.899. The van der Waals surface area contributed by atoms with Gasteiger partial charge in [0.05, 0.1) is 6.10 Å². The van der Waals surface area contributed by atoms with E-state index in [1.165, 1.54) is 24.9 Å². The highest BCUT2D eigenvalue weighted by Gasteiger charge is 2.16. The van der Waals surface area contributed by atoms with E-state index in [1.54, 1.807) is 0 Å². The Hall–Kier alpha value is -1.75. The molecule has 1 aromatic carbocycles. The Morgan fingerprint density at radius 1 is 1.23 bits per heavy atom. The van der Waals surface area contributed by atoms with Crippen molar-refractivity contribution < 1.29 is 9.53 Å². The molecule has 2 saturated heterocycles. The van der Waals surface area contributed by atoms with Gasteiger partial charge >= 0.3 is 6.03 Å². The van der Waals surface area contributed by atoms with Crippen LogP contribution in [0.2, 0.25) is 0 Å². The number of amides is 2. The van der Waals surface area contributed by atoms with E-state index in [9.17, 15) is 4.79 Å². The number of ether oxygens (including phenoxy) is 1. The van der Waals surface area contributed by atoms with Crippen LogP contribution in [-0.2, 0) is 4.74 Å². The summed E-state index contributed by atoms with van der Waals surface area (Å²) in [5.41, 5.74) is 2.03. The minimum Gasteiger partial charge on any atom is -0.376 e. The van der Waals surface area contributed by atoms with Gasteiger partial charge in [0, 0.05) is 37.6 Å². The molecule has 2 fully saturated rings. The lowest BCUT2D eigenvalue weighted by atomic mass is 10.1. The van der Waals surface area contributed by atoms with E-state index in [2.05, 4.69) is 27.7 Å². The number of anilines is 2. The first-order chi connectivity index (χ1) is 10.8. The van der Waals surface area contributed by atoms with Gasteiger partial charge in [-0.1, -0.05) is 6.07 Å². The largest absolute Gasteiger partial charge is 0.376 e. The summed E-state index contributed by atoms with van der Waals surface area (Å²) in [6.07, 6.45) is 6.11. The van der Waals surface area contributed by atoms with E-state index in [-0.39, 0.29) is 12.1 Å². The van der Waals surface area contributed by atoms with Crippen LogP contribution < -0.4 is 15.5 Å². The van der Waals surface area contributed by atoms with Gasteiger partial charge in [0.1, 0.15) is 0 Å². The molecule has 1 atom stereocenters. The van der Waals surface area contributed by atoms with Gasteiger partial charge in [-0.05, 0) is 50.3 Å². The van der Waals surface area contributed by atoms with Gasteiger partial charge in [-0.15, -0.1) is 0 Å². The van der Waals surface area contributed by atoms with E-state index in [0.29, 0.717) is 6.54 Å². The Labute approximate surface area is 132 Å². The number of nitrogens with zero attached hydrogens (tertiary/aromatic N) is 1. The summed E-state index contributed by atoms with van der Waals surface area (Å²) in [7, 11) is 0. The Morgan fingerprint density at radius 3 is 2.86 bits per heavy atom. The fourth-order valence-electron chi connectivity index (χ4n) is 3.12. The second-order valence-electron chi connectivity index (χ2n) is 6.07. The predicted octanol–water partition coefficient (Wildman–Crippen LogP) is 2.98. The predicted molar refractivity (Wildman–Crippen MR) is 88.5 cm³/mol. The van der Waals surface area contributed by atoms with Crippen LogP contribution in [-0.4, -0.2) is 38.4 Å². The van der Waals surface area contributed by atoms with Crippen LogP contribution in [0, 0.1) is 0 Å². The Morgan fingerprint density at radius 2 is 2.09 bits per heavy atom. The zero-order valence-electron chi connectivity index (χ0n) is 13.0. The standard InChI is InChI=1S/C17H25N3O2/c21-17(18-13-16-8-5-11-22-16)19-14-6-4-7-15(12-14)20-9-2-1-3-10-20/h4,6-7,12,16H,1-3,5,8-11,13H2,(H2,18,19,21). The number of carbonyl (C=O) groups is 1. The van der Waals surface area contributed by atoms with E-state index < -0.39 is 0 Å². The van der Waals surface area contributed by atoms with E-state index in [1.807, 2.05) is 12.1 Å². The van der Waals surface area contributed by atoms with Gasteiger partial charge in [-0.25, -0.2) is 4.79 Å². The lowest BCUT2D eigenvalue weighted by molar-refractivity contribution is 0.112. The average molecular weight is 303 g/mol. The molecule has 120 valence electrons. The second-order valence-corrected chi connectivity index (χ2v) is 6.07. The molecule has 0 aromatic heterocycles.